The van der Waals surface area contributed by atoms with Crippen LogP contribution in [0.25, 0.3) is 0 Å². The van der Waals surface area contributed by atoms with Crippen molar-refractivity contribution in [1.82, 2.24) is 0 Å². The van der Waals surface area contributed by atoms with Gasteiger partial charge in [0.05, 0.1) is 5.60 Å². The number of fused-ring (bicyclic) bond motifs is 1. The number of rotatable bonds is 1. The van der Waals surface area contributed by atoms with Gasteiger partial charge in [0, 0.05) is 0 Å². The zero-order chi connectivity index (χ0) is 11.1. The van der Waals surface area contributed by atoms with Crippen molar-refractivity contribution in [3.63, 3.8) is 0 Å². The van der Waals surface area contributed by atoms with Gasteiger partial charge in [-0.05, 0) is 63.7 Å². The third kappa shape index (κ3) is 2.13. The van der Waals surface area contributed by atoms with E-state index in [2.05, 4.69) is 13.5 Å². The van der Waals surface area contributed by atoms with Crippen LogP contribution >= 0.6 is 0 Å². The van der Waals surface area contributed by atoms with Crippen LogP contribution in [0.3, 0.4) is 0 Å². The number of hydrogen-bond donors (Lipinski definition) is 1. The second-order valence-corrected chi connectivity index (χ2v) is 5.97. The summed E-state index contributed by atoms with van der Waals surface area (Å²) in [6.45, 7) is 8.27. The molecule has 2 aliphatic rings. The van der Waals surface area contributed by atoms with Crippen LogP contribution in [0.4, 0.5) is 0 Å². The summed E-state index contributed by atoms with van der Waals surface area (Å²) in [5.74, 6) is 1.97. The van der Waals surface area contributed by atoms with Gasteiger partial charge in [0.2, 0.25) is 0 Å². The summed E-state index contributed by atoms with van der Waals surface area (Å²) in [7, 11) is 0. The highest BCUT2D eigenvalue weighted by atomic mass is 16.3. The summed E-state index contributed by atoms with van der Waals surface area (Å²) in [5.41, 5.74) is 0.909. The Bertz CT molecular complexity index is 254. The molecule has 15 heavy (non-hydrogen) atoms. The average Bonchev–Trinajstić information content (AvgIpc) is 2.17. The topological polar surface area (TPSA) is 20.2 Å². The first-order chi connectivity index (χ1) is 7.00. The van der Waals surface area contributed by atoms with Crippen molar-refractivity contribution in [2.24, 2.45) is 17.8 Å². The van der Waals surface area contributed by atoms with E-state index in [1.54, 1.807) is 0 Å². The molecule has 1 N–H and O–H groups in total. The van der Waals surface area contributed by atoms with Crippen molar-refractivity contribution >= 4 is 0 Å². The zero-order valence-electron chi connectivity index (χ0n) is 10.1. The van der Waals surface area contributed by atoms with Crippen molar-refractivity contribution in [1.29, 1.82) is 0 Å². The van der Waals surface area contributed by atoms with Gasteiger partial charge in [-0.25, -0.2) is 0 Å². The number of allylic oxidation sites excluding steroid dienone is 1. The van der Waals surface area contributed by atoms with E-state index in [0.29, 0.717) is 11.8 Å². The summed E-state index contributed by atoms with van der Waals surface area (Å²) >= 11 is 0. The molecule has 2 saturated carbocycles. The molecule has 1 heteroatoms. The van der Waals surface area contributed by atoms with E-state index in [9.17, 15) is 5.11 Å². The smallest absolute Gasteiger partial charge is 0.0650 e. The molecule has 2 rings (SSSR count). The Morgan fingerprint density at radius 2 is 2.07 bits per heavy atom. The van der Waals surface area contributed by atoms with E-state index in [1.165, 1.54) is 37.7 Å². The van der Waals surface area contributed by atoms with Crippen molar-refractivity contribution in [2.75, 3.05) is 0 Å². The molecule has 0 saturated heterocycles. The van der Waals surface area contributed by atoms with Crippen LogP contribution < -0.4 is 0 Å². The average molecular weight is 208 g/mol. The van der Waals surface area contributed by atoms with Crippen LogP contribution in [0.2, 0.25) is 0 Å². The largest absolute Gasteiger partial charge is 0.390 e. The van der Waals surface area contributed by atoms with Crippen LogP contribution in [-0.4, -0.2) is 10.7 Å². The van der Waals surface area contributed by atoms with Gasteiger partial charge < -0.3 is 5.11 Å². The molecular formula is C14H24O. The molecule has 0 heterocycles. The first-order valence-electron chi connectivity index (χ1n) is 6.38. The zero-order valence-corrected chi connectivity index (χ0v) is 10.1. The lowest BCUT2D eigenvalue weighted by Crippen LogP contribution is -2.45. The molecule has 0 aliphatic heterocycles. The summed E-state index contributed by atoms with van der Waals surface area (Å²) in [6, 6.07) is 0. The fourth-order valence-corrected chi connectivity index (χ4v) is 3.70. The van der Waals surface area contributed by atoms with Gasteiger partial charge in [0.1, 0.15) is 0 Å². The number of aliphatic hydroxyl groups is 1. The molecule has 2 fully saturated rings. The van der Waals surface area contributed by atoms with Crippen molar-refractivity contribution < 1.29 is 5.11 Å². The highest BCUT2D eigenvalue weighted by Crippen LogP contribution is 2.48. The fourth-order valence-electron chi connectivity index (χ4n) is 3.70. The van der Waals surface area contributed by atoms with Gasteiger partial charge in [0.15, 0.2) is 0 Å². The van der Waals surface area contributed by atoms with E-state index in [4.69, 9.17) is 0 Å². The van der Waals surface area contributed by atoms with Crippen LogP contribution in [-0.2, 0) is 0 Å². The molecule has 0 bridgehead atoms. The minimum atomic E-state index is -0.406. The maximum Gasteiger partial charge on any atom is 0.0650 e. The molecule has 0 aromatic rings. The quantitative estimate of drug-likeness (QED) is 0.654. The maximum atomic E-state index is 10.4. The van der Waals surface area contributed by atoms with Crippen LogP contribution in [0, 0.1) is 17.8 Å². The van der Waals surface area contributed by atoms with E-state index in [-0.39, 0.29) is 0 Å². The molecule has 0 amide bonds. The van der Waals surface area contributed by atoms with E-state index in [1.807, 2.05) is 6.92 Å². The summed E-state index contributed by atoms with van der Waals surface area (Å²) in [4.78, 5) is 0. The molecule has 2 aliphatic carbocycles. The Hall–Kier alpha value is -0.300. The highest BCUT2D eigenvalue weighted by molar-refractivity contribution is 5.03. The van der Waals surface area contributed by atoms with E-state index in [0.717, 1.165) is 12.3 Å². The highest BCUT2D eigenvalue weighted by Gasteiger charge is 2.43. The van der Waals surface area contributed by atoms with Gasteiger partial charge in [-0.2, -0.15) is 0 Å². The SMILES string of the molecule is C=C(C)[C@@H]1CC[C@@H]2CCC[C@@](C)(O)[C@H]2C1. The standard InChI is InChI=1S/C14H24O/c1-10(2)12-7-6-11-5-4-8-14(3,15)13(11)9-12/h11-13,15H,1,4-9H2,2-3H3/t11-,12+,13-,14+/m0/s1. The molecule has 4 atom stereocenters. The Morgan fingerprint density at radius 3 is 2.73 bits per heavy atom. The summed E-state index contributed by atoms with van der Waals surface area (Å²) in [5, 5.41) is 10.4. The fraction of sp³-hybridized carbons (Fsp3) is 0.857. The monoisotopic (exact) mass is 208 g/mol. The lowest BCUT2D eigenvalue weighted by atomic mass is 9.60. The molecular weight excluding hydrogens is 184 g/mol. The first kappa shape index (κ1) is 11.2. The molecule has 1 nitrogen and oxygen atoms in total. The summed E-state index contributed by atoms with van der Waals surface area (Å²) < 4.78 is 0. The molecule has 0 aromatic carbocycles. The minimum Gasteiger partial charge on any atom is -0.390 e. The Balaban J connectivity index is 2.10. The number of hydrogen-bond acceptors (Lipinski definition) is 1. The Labute approximate surface area is 93.6 Å². The van der Waals surface area contributed by atoms with Crippen molar-refractivity contribution in [3.8, 4) is 0 Å². The minimum absolute atomic E-state index is 0.406. The Kier molecular flexibility index (Phi) is 2.94. The van der Waals surface area contributed by atoms with Crippen LogP contribution in [0.1, 0.15) is 52.4 Å². The van der Waals surface area contributed by atoms with Gasteiger partial charge in [0.25, 0.3) is 0 Å². The van der Waals surface area contributed by atoms with Gasteiger partial charge in [-0.1, -0.05) is 18.6 Å². The van der Waals surface area contributed by atoms with Gasteiger partial charge >= 0.3 is 0 Å². The van der Waals surface area contributed by atoms with Crippen LogP contribution in [0.5, 0.6) is 0 Å². The third-order valence-electron chi connectivity index (χ3n) is 4.75. The summed E-state index contributed by atoms with van der Waals surface area (Å²) in [6.07, 6.45) is 7.32. The predicted octanol–water partition coefficient (Wildman–Crippen LogP) is 3.53. The lowest BCUT2D eigenvalue weighted by Gasteiger charge is -2.47. The normalized spacial score (nSPS) is 45.9. The second kappa shape index (κ2) is 3.93. The van der Waals surface area contributed by atoms with E-state index >= 15 is 0 Å². The van der Waals surface area contributed by atoms with E-state index < -0.39 is 5.60 Å². The van der Waals surface area contributed by atoms with Crippen molar-refractivity contribution in [3.05, 3.63) is 12.2 Å². The second-order valence-electron chi connectivity index (χ2n) is 5.97. The van der Waals surface area contributed by atoms with Crippen molar-refractivity contribution in [2.45, 2.75) is 58.0 Å². The molecule has 86 valence electrons. The molecule has 0 radical (unpaired) electrons. The first-order valence-corrected chi connectivity index (χ1v) is 6.38. The predicted molar refractivity (Wildman–Crippen MR) is 63.6 cm³/mol. The maximum absolute atomic E-state index is 10.4. The lowest BCUT2D eigenvalue weighted by molar-refractivity contribution is -0.0805. The molecule has 0 aromatic heterocycles. The molecule has 0 spiro atoms. The molecule has 0 unspecified atom stereocenters. The van der Waals surface area contributed by atoms with Crippen LogP contribution in [0.15, 0.2) is 12.2 Å². The Morgan fingerprint density at radius 1 is 1.33 bits per heavy atom. The van der Waals surface area contributed by atoms with Gasteiger partial charge in [-0.15, -0.1) is 0 Å². The van der Waals surface area contributed by atoms with Gasteiger partial charge in [-0.3, -0.25) is 0 Å². The third-order valence-corrected chi connectivity index (χ3v) is 4.75.